The van der Waals surface area contributed by atoms with Crippen LogP contribution in [-0.4, -0.2) is 19.1 Å². The summed E-state index contributed by atoms with van der Waals surface area (Å²) in [5.41, 5.74) is 12.6. The summed E-state index contributed by atoms with van der Waals surface area (Å²) in [6.07, 6.45) is 1.81. The van der Waals surface area contributed by atoms with Gasteiger partial charge >= 0.3 is 21.1 Å². The third-order valence-electron chi connectivity index (χ3n) is 10.4. The van der Waals surface area contributed by atoms with E-state index in [9.17, 15) is 0 Å². The molecule has 0 radical (unpaired) electrons. The van der Waals surface area contributed by atoms with E-state index in [2.05, 4.69) is 160 Å². The SMILES string of the molecule is [Pt+2].[c-]1c(Oc2[c-]c3c(cc2)c2ccccc2n3-c2ccccn2)cccc1-c1nc2c(n1-c1ccccc1)-c1ccccc1-c1ccccc1-c1ccccc1-2. The van der Waals surface area contributed by atoms with Gasteiger partial charge in [-0.3, -0.25) is 4.98 Å². The van der Waals surface area contributed by atoms with Gasteiger partial charge in [0, 0.05) is 40.0 Å². The molecule has 3 heterocycles. The standard InChI is InChI=1S/C50H30N4O.Pt/c1-2-16-34(17-3-1)53-49-44-25-9-7-22-40(44)38-20-5-4-19-37(38)39-21-6-8-24-43(39)48(49)52-50(53)33-15-14-18-35(31-33)55-36-28-29-42-41-23-10-11-26-45(41)54(46(42)32-36)47-27-12-13-30-51-47;/h1-30H;/q-2;+2. The average molecular weight is 898 g/mol. The molecule has 7 aromatic carbocycles. The van der Waals surface area contributed by atoms with Gasteiger partial charge in [0.2, 0.25) is 0 Å². The molecule has 0 saturated heterocycles. The summed E-state index contributed by atoms with van der Waals surface area (Å²) in [4.78, 5) is 10.2. The topological polar surface area (TPSA) is 44.9 Å². The van der Waals surface area contributed by atoms with Crippen LogP contribution in [0.15, 0.2) is 182 Å². The van der Waals surface area contributed by atoms with Crippen LogP contribution in [-0.2, 0) is 21.1 Å². The number of ether oxygens (including phenoxy) is 1. The maximum atomic E-state index is 6.60. The van der Waals surface area contributed by atoms with Crippen molar-refractivity contribution in [3.05, 3.63) is 194 Å². The predicted octanol–water partition coefficient (Wildman–Crippen LogP) is 12.4. The molecule has 266 valence electrons. The zero-order valence-corrected chi connectivity index (χ0v) is 32.1. The van der Waals surface area contributed by atoms with Crippen LogP contribution in [0.25, 0.3) is 89.5 Å². The second-order valence-corrected chi connectivity index (χ2v) is 13.6. The first-order chi connectivity index (χ1) is 27.3. The van der Waals surface area contributed by atoms with Gasteiger partial charge in [0.25, 0.3) is 0 Å². The Balaban J connectivity index is 0.00000384. The molecule has 0 aliphatic heterocycles. The van der Waals surface area contributed by atoms with Crippen molar-refractivity contribution in [2.75, 3.05) is 0 Å². The molecule has 1 aliphatic rings. The number of nitrogens with zero attached hydrogens (tertiary/aromatic N) is 4. The molecule has 0 N–H and O–H groups in total. The maximum absolute atomic E-state index is 6.60. The van der Waals surface area contributed by atoms with Crippen molar-refractivity contribution in [2.45, 2.75) is 0 Å². The van der Waals surface area contributed by atoms with Gasteiger partial charge in [0.15, 0.2) is 0 Å². The van der Waals surface area contributed by atoms with E-state index < -0.39 is 0 Å². The largest absolute Gasteiger partial charge is 2.00 e. The smallest absolute Gasteiger partial charge is 0.503 e. The zero-order valence-electron chi connectivity index (χ0n) is 29.8. The molecular formula is C50H30N4OPt. The van der Waals surface area contributed by atoms with Crippen molar-refractivity contribution in [1.29, 1.82) is 0 Å². The molecule has 0 saturated carbocycles. The molecule has 0 amide bonds. The van der Waals surface area contributed by atoms with Crippen molar-refractivity contribution < 1.29 is 25.8 Å². The zero-order chi connectivity index (χ0) is 36.3. The Morgan fingerprint density at radius 2 is 1.09 bits per heavy atom. The minimum atomic E-state index is 0. The van der Waals surface area contributed by atoms with E-state index in [1.165, 1.54) is 11.1 Å². The molecule has 10 aromatic rings. The Labute approximate surface area is 338 Å². The van der Waals surface area contributed by atoms with Gasteiger partial charge in [0.05, 0.1) is 17.2 Å². The van der Waals surface area contributed by atoms with Crippen LogP contribution in [0.3, 0.4) is 0 Å². The van der Waals surface area contributed by atoms with Crippen molar-refractivity contribution in [2.24, 2.45) is 0 Å². The van der Waals surface area contributed by atoms with Crippen LogP contribution in [0.4, 0.5) is 0 Å². The Kier molecular flexibility index (Phi) is 8.31. The molecule has 0 bridgehead atoms. The van der Waals surface area contributed by atoms with Crippen LogP contribution in [0.5, 0.6) is 11.5 Å². The third-order valence-corrected chi connectivity index (χ3v) is 10.4. The van der Waals surface area contributed by atoms with Crippen LogP contribution >= 0.6 is 0 Å². The van der Waals surface area contributed by atoms with Gasteiger partial charge < -0.3 is 13.9 Å². The summed E-state index contributed by atoms with van der Waals surface area (Å²) >= 11 is 0. The number of pyridine rings is 1. The Morgan fingerprint density at radius 3 is 1.84 bits per heavy atom. The van der Waals surface area contributed by atoms with Crippen LogP contribution in [0.1, 0.15) is 0 Å². The molecule has 6 heteroatoms. The van der Waals surface area contributed by atoms with Gasteiger partial charge in [-0.05, 0) is 58.0 Å². The molecule has 11 rings (SSSR count). The van der Waals surface area contributed by atoms with E-state index in [1.54, 1.807) is 0 Å². The van der Waals surface area contributed by atoms with Gasteiger partial charge in [-0.15, -0.1) is 41.3 Å². The minimum absolute atomic E-state index is 0. The molecule has 0 atom stereocenters. The second-order valence-electron chi connectivity index (χ2n) is 13.6. The number of rotatable bonds is 5. The maximum Gasteiger partial charge on any atom is 2.00 e. The molecule has 56 heavy (non-hydrogen) atoms. The Hall–Kier alpha value is -6.81. The van der Waals surface area contributed by atoms with Gasteiger partial charge in [-0.1, -0.05) is 127 Å². The monoisotopic (exact) mass is 897 g/mol. The van der Waals surface area contributed by atoms with Crippen LogP contribution < -0.4 is 4.74 Å². The van der Waals surface area contributed by atoms with Crippen molar-refractivity contribution in [3.63, 3.8) is 0 Å². The van der Waals surface area contributed by atoms with E-state index in [-0.39, 0.29) is 21.1 Å². The van der Waals surface area contributed by atoms with Crippen LogP contribution in [0, 0.1) is 12.1 Å². The number of para-hydroxylation sites is 2. The predicted molar refractivity (Wildman–Crippen MR) is 221 cm³/mol. The fraction of sp³-hybridized carbons (Fsp3) is 0. The van der Waals surface area contributed by atoms with Gasteiger partial charge in [-0.25, -0.2) is 4.98 Å². The minimum Gasteiger partial charge on any atom is -0.503 e. The molecule has 0 spiro atoms. The van der Waals surface area contributed by atoms with E-state index in [1.807, 2.05) is 48.7 Å². The van der Waals surface area contributed by atoms with E-state index in [0.29, 0.717) is 11.5 Å². The number of hydrogen-bond acceptors (Lipinski definition) is 3. The van der Waals surface area contributed by atoms with Crippen LogP contribution in [0.2, 0.25) is 0 Å². The fourth-order valence-electron chi connectivity index (χ4n) is 8.08. The molecular weight excluding hydrogens is 868 g/mol. The van der Waals surface area contributed by atoms with E-state index in [0.717, 1.165) is 78.3 Å². The fourth-order valence-corrected chi connectivity index (χ4v) is 8.08. The summed E-state index contributed by atoms with van der Waals surface area (Å²) in [5.74, 6) is 2.74. The van der Waals surface area contributed by atoms with Gasteiger partial charge in [-0.2, -0.15) is 6.07 Å². The van der Waals surface area contributed by atoms with Crippen molar-refractivity contribution >= 4 is 21.8 Å². The summed E-state index contributed by atoms with van der Waals surface area (Å²) in [7, 11) is 0. The Bertz CT molecular complexity index is 3080. The summed E-state index contributed by atoms with van der Waals surface area (Å²) in [6, 6.07) is 67.9. The van der Waals surface area contributed by atoms with E-state index >= 15 is 0 Å². The van der Waals surface area contributed by atoms with Gasteiger partial charge in [0.1, 0.15) is 5.82 Å². The number of aromatic nitrogens is 4. The summed E-state index contributed by atoms with van der Waals surface area (Å²) < 4.78 is 11.0. The first kappa shape index (κ1) is 33.7. The number of imidazole rings is 1. The normalized spacial score (nSPS) is 11.4. The number of hydrogen-bond donors (Lipinski definition) is 0. The molecule has 0 unspecified atom stereocenters. The summed E-state index contributed by atoms with van der Waals surface area (Å²) in [5, 5.41) is 2.21. The third kappa shape index (κ3) is 5.43. The molecule has 0 fully saturated rings. The summed E-state index contributed by atoms with van der Waals surface area (Å²) in [6.45, 7) is 0. The molecule has 3 aromatic heterocycles. The van der Waals surface area contributed by atoms with E-state index in [4.69, 9.17) is 9.72 Å². The average Bonchev–Trinajstić information content (AvgIpc) is 3.80. The first-order valence-corrected chi connectivity index (χ1v) is 18.3. The quantitative estimate of drug-likeness (QED) is 0.162. The van der Waals surface area contributed by atoms with Crippen molar-refractivity contribution in [1.82, 2.24) is 19.1 Å². The number of benzene rings is 7. The first-order valence-electron chi connectivity index (χ1n) is 18.3. The Morgan fingerprint density at radius 1 is 0.464 bits per heavy atom. The molecule has 5 nitrogen and oxygen atoms in total. The van der Waals surface area contributed by atoms with Crippen molar-refractivity contribution in [3.8, 4) is 79.2 Å². The molecule has 1 aliphatic carbocycles. The number of fused-ring (bicyclic) bond motifs is 11. The second kappa shape index (κ2) is 13.8.